The highest BCUT2D eigenvalue weighted by atomic mass is 16.6. The molecule has 0 saturated heterocycles. The SMILES string of the molecule is CCN(CC)c1ccc2c3c(ccc2c1)C1(OC(=O)c2ccccc21)c1c(N(C)C)nn(-c2ccccc2)c1O3. The van der Waals surface area contributed by atoms with E-state index < -0.39 is 5.60 Å². The van der Waals surface area contributed by atoms with E-state index in [4.69, 9.17) is 14.6 Å². The van der Waals surface area contributed by atoms with Crippen LogP contribution in [0, 0.1) is 0 Å². The molecule has 0 N–H and O–H groups in total. The summed E-state index contributed by atoms with van der Waals surface area (Å²) in [6.45, 7) is 6.17. The molecule has 1 atom stereocenters. The Hall–Kier alpha value is -4.78. The number of hydrogen-bond acceptors (Lipinski definition) is 6. The van der Waals surface area contributed by atoms with Crippen molar-refractivity contribution in [3.8, 4) is 17.3 Å². The number of ether oxygens (including phenoxy) is 2. The molecule has 1 aromatic heterocycles. The molecule has 7 heteroatoms. The first kappa shape index (κ1) is 24.3. The van der Waals surface area contributed by atoms with Crippen molar-refractivity contribution >= 4 is 28.2 Å². The van der Waals surface area contributed by atoms with Gasteiger partial charge in [-0.05, 0) is 61.7 Å². The smallest absolute Gasteiger partial charge is 0.340 e. The molecular weight excluding hydrogens is 500 g/mol. The number of carbonyl (C=O) groups excluding carboxylic acids is 1. The van der Waals surface area contributed by atoms with E-state index in [1.807, 2.05) is 84.3 Å². The summed E-state index contributed by atoms with van der Waals surface area (Å²) in [5, 5.41) is 7.02. The second kappa shape index (κ2) is 8.88. The molecule has 0 fully saturated rings. The predicted octanol–water partition coefficient (Wildman–Crippen LogP) is 6.51. The Kier molecular flexibility index (Phi) is 5.39. The van der Waals surface area contributed by atoms with Crippen LogP contribution in [0.1, 0.15) is 40.9 Å². The number of carbonyl (C=O) groups is 1. The van der Waals surface area contributed by atoms with Crippen molar-refractivity contribution in [2.45, 2.75) is 19.4 Å². The lowest BCUT2D eigenvalue weighted by molar-refractivity contribution is 0.0226. The van der Waals surface area contributed by atoms with E-state index in [0.29, 0.717) is 28.6 Å². The van der Waals surface area contributed by atoms with E-state index in [1.54, 1.807) is 0 Å². The number of para-hydroxylation sites is 1. The van der Waals surface area contributed by atoms with Gasteiger partial charge in [0.05, 0.1) is 11.3 Å². The van der Waals surface area contributed by atoms with Crippen LogP contribution < -0.4 is 14.5 Å². The van der Waals surface area contributed by atoms with Gasteiger partial charge in [0.2, 0.25) is 11.5 Å². The van der Waals surface area contributed by atoms with Crippen molar-refractivity contribution in [1.82, 2.24) is 9.78 Å². The monoisotopic (exact) mass is 530 g/mol. The van der Waals surface area contributed by atoms with Crippen LogP contribution >= 0.6 is 0 Å². The van der Waals surface area contributed by atoms with Gasteiger partial charge >= 0.3 is 5.97 Å². The maximum absolute atomic E-state index is 13.5. The van der Waals surface area contributed by atoms with Gasteiger partial charge in [0, 0.05) is 49.4 Å². The molecule has 4 aromatic carbocycles. The van der Waals surface area contributed by atoms with Crippen molar-refractivity contribution in [1.29, 1.82) is 0 Å². The molecular formula is C33H30N4O3. The normalized spacial score (nSPS) is 16.8. The van der Waals surface area contributed by atoms with Crippen LogP contribution in [0.2, 0.25) is 0 Å². The zero-order valence-corrected chi connectivity index (χ0v) is 23.0. The average Bonchev–Trinajstić information content (AvgIpc) is 3.51. The molecule has 7 rings (SSSR count). The number of aromatic nitrogens is 2. The first-order valence-electron chi connectivity index (χ1n) is 13.7. The van der Waals surface area contributed by atoms with Gasteiger partial charge in [0.15, 0.2) is 5.82 Å². The summed E-state index contributed by atoms with van der Waals surface area (Å²) < 4.78 is 15.2. The highest BCUT2D eigenvalue weighted by molar-refractivity contribution is 6.00. The largest absolute Gasteiger partial charge is 0.440 e. The summed E-state index contributed by atoms with van der Waals surface area (Å²) in [7, 11) is 3.89. The number of rotatable bonds is 5. The summed E-state index contributed by atoms with van der Waals surface area (Å²) in [5.41, 5.74) is 3.65. The van der Waals surface area contributed by atoms with Gasteiger partial charge in [-0.25, -0.2) is 4.79 Å². The van der Waals surface area contributed by atoms with Crippen LogP contribution in [-0.4, -0.2) is 42.9 Å². The van der Waals surface area contributed by atoms with Crippen LogP contribution in [0.3, 0.4) is 0 Å². The van der Waals surface area contributed by atoms with E-state index in [9.17, 15) is 4.79 Å². The molecule has 1 unspecified atom stereocenters. The summed E-state index contributed by atoms with van der Waals surface area (Å²) in [6.07, 6.45) is 0. The maximum Gasteiger partial charge on any atom is 0.340 e. The number of fused-ring (bicyclic) bond motifs is 8. The fourth-order valence-corrected chi connectivity index (χ4v) is 6.15. The molecule has 0 aliphatic carbocycles. The summed E-state index contributed by atoms with van der Waals surface area (Å²) >= 11 is 0. The highest BCUT2D eigenvalue weighted by Gasteiger charge is 2.57. The lowest BCUT2D eigenvalue weighted by atomic mass is 9.78. The van der Waals surface area contributed by atoms with Crippen molar-refractivity contribution in [2.75, 3.05) is 37.0 Å². The van der Waals surface area contributed by atoms with Gasteiger partial charge in [-0.1, -0.05) is 42.5 Å². The minimum Gasteiger partial charge on any atom is -0.440 e. The van der Waals surface area contributed by atoms with Crippen molar-refractivity contribution in [3.05, 3.63) is 107 Å². The Morgan fingerprint density at radius 2 is 1.62 bits per heavy atom. The van der Waals surface area contributed by atoms with Gasteiger partial charge in [0.25, 0.3) is 0 Å². The van der Waals surface area contributed by atoms with Crippen LogP contribution in [0.25, 0.3) is 16.5 Å². The molecule has 40 heavy (non-hydrogen) atoms. The molecule has 200 valence electrons. The topological polar surface area (TPSA) is 59.8 Å². The Labute approximate surface area is 233 Å². The third kappa shape index (κ3) is 3.24. The van der Waals surface area contributed by atoms with E-state index in [2.05, 4.69) is 43.0 Å². The predicted molar refractivity (Wildman–Crippen MR) is 157 cm³/mol. The van der Waals surface area contributed by atoms with Crippen LogP contribution in [0.4, 0.5) is 11.5 Å². The molecule has 5 aromatic rings. The molecule has 3 heterocycles. The van der Waals surface area contributed by atoms with E-state index >= 15 is 0 Å². The van der Waals surface area contributed by atoms with Crippen LogP contribution in [-0.2, 0) is 10.3 Å². The molecule has 0 radical (unpaired) electrons. The third-order valence-electron chi connectivity index (χ3n) is 8.03. The van der Waals surface area contributed by atoms with Gasteiger partial charge in [-0.2, -0.15) is 4.68 Å². The summed E-state index contributed by atoms with van der Waals surface area (Å²) in [6, 6.07) is 28.1. The Morgan fingerprint density at radius 1 is 0.875 bits per heavy atom. The first-order chi connectivity index (χ1) is 19.5. The molecule has 1 spiro atoms. The van der Waals surface area contributed by atoms with E-state index in [0.717, 1.165) is 46.4 Å². The van der Waals surface area contributed by atoms with Gasteiger partial charge in [-0.3, -0.25) is 0 Å². The Morgan fingerprint density at radius 3 is 2.38 bits per heavy atom. The quantitative estimate of drug-likeness (QED) is 0.242. The van der Waals surface area contributed by atoms with Gasteiger partial charge in [-0.15, -0.1) is 5.10 Å². The third-order valence-corrected chi connectivity index (χ3v) is 8.03. The fourth-order valence-electron chi connectivity index (χ4n) is 6.15. The molecule has 0 bridgehead atoms. The molecule has 0 saturated carbocycles. The number of hydrogen-bond donors (Lipinski definition) is 0. The van der Waals surface area contributed by atoms with Gasteiger partial charge in [0.1, 0.15) is 11.3 Å². The Balaban J connectivity index is 1.58. The van der Waals surface area contributed by atoms with Crippen molar-refractivity contribution < 1.29 is 14.3 Å². The van der Waals surface area contributed by atoms with Crippen molar-refractivity contribution in [2.24, 2.45) is 0 Å². The number of nitrogens with zero attached hydrogens (tertiary/aromatic N) is 4. The molecule has 2 aliphatic rings. The van der Waals surface area contributed by atoms with E-state index in [-0.39, 0.29) is 5.97 Å². The number of esters is 1. The van der Waals surface area contributed by atoms with Crippen LogP contribution in [0.15, 0.2) is 84.9 Å². The number of benzene rings is 4. The van der Waals surface area contributed by atoms with Crippen LogP contribution in [0.5, 0.6) is 11.6 Å². The molecule has 7 nitrogen and oxygen atoms in total. The maximum atomic E-state index is 13.5. The molecule has 2 aliphatic heterocycles. The minimum atomic E-state index is -1.21. The molecule has 0 amide bonds. The zero-order valence-electron chi connectivity index (χ0n) is 23.0. The zero-order chi connectivity index (χ0) is 27.6. The lowest BCUT2D eigenvalue weighted by Gasteiger charge is -2.36. The number of anilines is 2. The minimum absolute atomic E-state index is 0.358. The lowest BCUT2D eigenvalue weighted by Crippen LogP contribution is -2.34. The van der Waals surface area contributed by atoms with E-state index in [1.165, 1.54) is 0 Å². The first-order valence-corrected chi connectivity index (χ1v) is 13.7. The summed E-state index contributed by atoms with van der Waals surface area (Å²) in [5.74, 6) is 1.52. The summed E-state index contributed by atoms with van der Waals surface area (Å²) in [4.78, 5) is 17.7. The standard InChI is InChI=1S/C33H30N4O3/c1-5-36(6-2)23-17-18-24-21(20-23)16-19-27-29(24)39-31-28(33(27)26-15-11-10-14-25(26)32(38)40-33)30(35(3)4)34-37(31)22-12-8-7-9-13-22/h7-20H,5-6H2,1-4H3. The Bertz CT molecular complexity index is 1790. The van der Waals surface area contributed by atoms with Crippen molar-refractivity contribution in [3.63, 3.8) is 0 Å². The fraction of sp³-hybridized carbons (Fsp3) is 0.212. The average molecular weight is 531 g/mol. The second-order valence-corrected chi connectivity index (χ2v) is 10.4. The highest BCUT2D eigenvalue weighted by Crippen LogP contribution is 2.60. The van der Waals surface area contributed by atoms with Gasteiger partial charge < -0.3 is 19.3 Å². The second-order valence-electron chi connectivity index (χ2n) is 10.4.